The van der Waals surface area contributed by atoms with E-state index in [2.05, 4.69) is 0 Å². The highest BCUT2D eigenvalue weighted by Gasteiger charge is 2.67. The van der Waals surface area contributed by atoms with Crippen LogP contribution >= 0.6 is 0 Å². The van der Waals surface area contributed by atoms with Crippen molar-refractivity contribution in [3.8, 4) is 0 Å². The molecule has 1 aliphatic heterocycles. The lowest BCUT2D eigenvalue weighted by molar-refractivity contribution is -0.136. The van der Waals surface area contributed by atoms with Crippen molar-refractivity contribution in [3.05, 3.63) is 0 Å². The Morgan fingerprint density at radius 1 is 0.371 bits per heavy atom. The van der Waals surface area contributed by atoms with Crippen molar-refractivity contribution in [2.75, 3.05) is 0 Å². The molecule has 0 N–H and O–H groups in total. The summed E-state index contributed by atoms with van der Waals surface area (Å²) in [6.45, 7) is 11.6. The second-order valence-electron chi connectivity index (χ2n) is 7.79. The Hall–Kier alpha value is -1.77. The molecule has 0 aromatic carbocycles. The van der Waals surface area contributed by atoms with Gasteiger partial charge in [-0.25, -0.2) is 0 Å². The maximum atomic E-state index is 11.9. The number of hydrogen-bond acceptors (Lipinski definition) is 15. The summed E-state index contributed by atoms with van der Waals surface area (Å²) in [5.41, 5.74) is 0. The van der Waals surface area contributed by atoms with E-state index in [-0.39, 0.29) is 0 Å². The maximum absolute atomic E-state index is 11.9. The Bertz CT molecular complexity index is 706. The van der Waals surface area contributed by atoms with Gasteiger partial charge in [0.25, 0.3) is 29.8 Å². The molecule has 1 heterocycles. The summed E-state index contributed by atoms with van der Waals surface area (Å²) in [6, 6.07) is 0. The Kier molecular flexibility index (Phi) is 9.91. The normalized spacial score (nSPS) is 35.7. The first kappa shape index (κ1) is 31.3. The fourth-order valence-electron chi connectivity index (χ4n) is 3.30. The molecule has 1 aliphatic rings. The molecule has 0 aromatic heterocycles. The third kappa shape index (κ3) is 10.4. The van der Waals surface area contributed by atoms with Gasteiger partial charge in [0.15, 0.2) is 0 Å². The van der Waals surface area contributed by atoms with E-state index in [1.807, 2.05) is 0 Å². The molecule has 200 valence electrons. The first-order chi connectivity index (χ1) is 15.6. The number of carbonyl (C=O) groups excluding carboxylic acids is 5. The van der Waals surface area contributed by atoms with Gasteiger partial charge >= 0.3 is 44.0 Å². The van der Waals surface area contributed by atoms with E-state index in [9.17, 15) is 24.0 Å². The topological polar surface area (TPSA) is 178 Å². The molecule has 1 saturated heterocycles. The Labute approximate surface area is 208 Å². The van der Waals surface area contributed by atoms with E-state index in [0.717, 1.165) is 34.6 Å². The maximum Gasteiger partial charge on any atom is 0.551 e. The van der Waals surface area contributed by atoms with E-state index in [4.69, 9.17) is 42.7 Å². The van der Waals surface area contributed by atoms with Gasteiger partial charge in [0.2, 0.25) is 0 Å². The summed E-state index contributed by atoms with van der Waals surface area (Å²) in [6.07, 6.45) is 0. The first-order valence-electron chi connectivity index (χ1n) is 10.1. The molecule has 20 heteroatoms. The van der Waals surface area contributed by atoms with Crippen molar-refractivity contribution in [3.63, 3.8) is 0 Å². The zero-order valence-corrected chi connectivity index (χ0v) is 26.1. The van der Waals surface area contributed by atoms with Crippen LogP contribution in [0.2, 0.25) is 32.7 Å². The van der Waals surface area contributed by atoms with Crippen LogP contribution in [0, 0.1) is 0 Å². The van der Waals surface area contributed by atoms with Crippen LogP contribution in [0.3, 0.4) is 0 Å². The highest BCUT2D eigenvalue weighted by atomic mass is 28.6. The first-order valence-corrected chi connectivity index (χ1v) is 21.2. The molecule has 1 rings (SSSR count). The molecule has 0 amide bonds. The fraction of sp³-hybridized carbons (Fsp3) is 0.667. The molecule has 0 aliphatic carbocycles. The average Bonchev–Trinajstić information content (AvgIpc) is 2.45. The molecular weight excluding hydrogens is 561 g/mol. The van der Waals surface area contributed by atoms with E-state index in [1.54, 1.807) is 0 Å². The van der Waals surface area contributed by atoms with Crippen LogP contribution in [0.1, 0.15) is 34.6 Å². The van der Waals surface area contributed by atoms with Gasteiger partial charge in [-0.2, -0.15) is 0 Å². The van der Waals surface area contributed by atoms with Crippen molar-refractivity contribution in [2.45, 2.75) is 67.4 Å². The average molecular weight is 591 g/mol. The Morgan fingerprint density at radius 3 is 0.571 bits per heavy atom. The van der Waals surface area contributed by atoms with Crippen LogP contribution < -0.4 is 0 Å². The van der Waals surface area contributed by atoms with Crippen LogP contribution in [-0.4, -0.2) is 73.9 Å². The van der Waals surface area contributed by atoms with Crippen molar-refractivity contribution >= 4 is 73.9 Å². The number of rotatable bonds is 5. The highest BCUT2D eigenvalue weighted by molar-refractivity contribution is 6.89. The Balaban J connectivity index is 3.87. The number of hydrogen-bond donors (Lipinski definition) is 0. The summed E-state index contributed by atoms with van der Waals surface area (Å²) in [5, 5.41) is 0. The van der Waals surface area contributed by atoms with Gasteiger partial charge in [-0.3, -0.25) is 24.0 Å². The lowest BCUT2D eigenvalue weighted by Gasteiger charge is -2.44. The number of carbonyl (C=O) groups is 5. The predicted molar refractivity (Wildman–Crippen MR) is 122 cm³/mol. The van der Waals surface area contributed by atoms with Crippen LogP contribution in [0.4, 0.5) is 0 Å². The van der Waals surface area contributed by atoms with Crippen LogP contribution in [0.25, 0.3) is 0 Å². The van der Waals surface area contributed by atoms with Gasteiger partial charge in [-0.15, -0.1) is 0 Å². The van der Waals surface area contributed by atoms with Crippen LogP contribution in [-0.2, 0) is 66.7 Å². The summed E-state index contributed by atoms with van der Waals surface area (Å²) in [5.74, 6) is -4.21. The third-order valence-corrected chi connectivity index (χ3v) is 21.6. The summed E-state index contributed by atoms with van der Waals surface area (Å²) in [7, 11) is -21.3. The summed E-state index contributed by atoms with van der Waals surface area (Å²) < 4.78 is 56.1. The van der Waals surface area contributed by atoms with Crippen LogP contribution in [0.5, 0.6) is 0 Å². The minimum absolute atomic E-state index is 0.842. The lowest BCUT2D eigenvalue weighted by Crippen LogP contribution is -2.71. The van der Waals surface area contributed by atoms with Gasteiger partial charge < -0.3 is 42.7 Å². The van der Waals surface area contributed by atoms with Crippen molar-refractivity contribution in [1.29, 1.82) is 0 Å². The van der Waals surface area contributed by atoms with Crippen molar-refractivity contribution < 1.29 is 66.7 Å². The second-order valence-corrected chi connectivity index (χ2v) is 21.5. The molecule has 1 fully saturated rings. The van der Waals surface area contributed by atoms with Gasteiger partial charge in [0.1, 0.15) is 0 Å². The highest BCUT2D eigenvalue weighted by Crippen LogP contribution is 2.33. The molecule has 0 aromatic rings. The molecule has 0 spiro atoms. The Morgan fingerprint density at radius 2 is 0.486 bits per heavy atom. The molecule has 35 heavy (non-hydrogen) atoms. The molecule has 0 atom stereocenters. The zero-order valence-electron chi connectivity index (χ0n) is 21.1. The van der Waals surface area contributed by atoms with Crippen LogP contribution in [0.15, 0.2) is 0 Å². The van der Waals surface area contributed by atoms with E-state index in [1.165, 1.54) is 32.7 Å². The van der Waals surface area contributed by atoms with E-state index >= 15 is 0 Å². The van der Waals surface area contributed by atoms with Crippen molar-refractivity contribution in [1.82, 2.24) is 0 Å². The van der Waals surface area contributed by atoms with Gasteiger partial charge in [-0.05, 0) is 0 Å². The van der Waals surface area contributed by atoms with Gasteiger partial charge in [0.05, 0.1) is 0 Å². The molecule has 0 saturated carbocycles. The van der Waals surface area contributed by atoms with Gasteiger partial charge in [-0.1, -0.05) is 0 Å². The van der Waals surface area contributed by atoms with Gasteiger partial charge in [0, 0.05) is 67.4 Å². The molecule has 15 nitrogen and oxygen atoms in total. The third-order valence-electron chi connectivity index (χ3n) is 3.50. The molecular formula is C15H30O15Si5. The fourth-order valence-corrected chi connectivity index (χ4v) is 23.8. The molecule has 0 radical (unpaired) electrons. The monoisotopic (exact) mass is 590 g/mol. The minimum Gasteiger partial charge on any atom is -0.474 e. The largest absolute Gasteiger partial charge is 0.551 e. The smallest absolute Gasteiger partial charge is 0.474 e. The van der Waals surface area contributed by atoms with E-state index in [0.29, 0.717) is 0 Å². The quantitative estimate of drug-likeness (QED) is 0.409. The zero-order chi connectivity index (χ0) is 27.5. The summed E-state index contributed by atoms with van der Waals surface area (Å²) >= 11 is 0. The minimum atomic E-state index is -4.27. The molecule has 0 unspecified atom stereocenters. The van der Waals surface area contributed by atoms with Crippen molar-refractivity contribution in [2.24, 2.45) is 0 Å². The lowest BCUT2D eigenvalue weighted by atomic mass is 10.9. The summed E-state index contributed by atoms with van der Waals surface area (Å²) in [4.78, 5) is 59.6. The second kappa shape index (κ2) is 11.1. The van der Waals surface area contributed by atoms with E-state index < -0.39 is 73.9 Å². The SMILES string of the molecule is CC(=O)O[Si]1(C)O[Si](C)(OC(C)=O)O[Si](C)(OC(C)=O)O[Si](C)(OC(C)=O)O[Si](C)(OC(C)=O)O1. The predicted octanol–water partition coefficient (Wildman–Crippen LogP) is 0.742. The molecule has 0 bridgehead atoms. The standard InChI is InChI=1S/C15H30O15Si5/c1-11(16)21-31(6)26-32(7,22-12(2)17)28-34(9,24-14(4)19)30-35(10,25-15(5)20)29-33(8,27-31)23-13(3)18/h1-10H3.